The Labute approximate surface area is 116 Å². The van der Waals surface area contributed by atoms with Crippen LogP contribution < -0.4 is 5.32 Å². The van der Waals surface area contributed by atoms with Crippen molar-refractivity contribution in [3.05, 3.63) is 35.4 Å². The first-order chi connectivity index (χ1) is 9.15. The fraction of sp³-hybridized carbons (Fsp3) is 0.625. The summed E-state index contributed by atoms with van der Waals surface area (Å²) >= 11 is 0. The summed E-state index contributed by atoms with van der Waals surface area (Å²) in [7, 11) is 0. The molecule has 1 unspecified atom stereocenters. The molecule has 106 valence electrons. The van der Waals surface area contributed by atoms with E-state index in [0.717, 1.165) is 19.6 Å². The number of likely N-dealkylation sites (tertiary alicyclic amines) is 1. The van der Waals surface area contributed by atoms with Gasteiger partial charge in [0, 0.05) is 19.1 Å². The third kappa shape index (κ3) is 4.60. The van der Waals surface area contributed by atoms with Gasteiger partial charge in [-0.2, -0.15) is 0 Å². The van der Waals surface area contributed by atoms with E-state index in [0.29, 0.717) is 6.54 Å². The van der Waals surface area contributed by atoms with E-state index in [1.54, 1.807) is 0 Å². The number of rotatable bonds is 6. The van der Waals surface area contributed by atoms with Gasteiger partial charge in [-0.15, -0.1) is 0 Å². The lowest BCUT2D eigenvalue weighted by Crippen LogP contribution is -2.37. The second-order valence-electron chi connectivity index (χ2n) is 5.71. The van der Waals surface area contributed by atoms with E-state index in [4.69, 9.17) is 0 Å². The Kier molecular flexibility index (Phi) is 5.37. The Morgan fingerprint density at radius 2 is 2.05 bits per heavy atom. The van der Waals surface area contributed by atoms with Crippen molar-refractivity contribution < 1.29 is 5.11 Å². The maximum atomic E-state index is 10.1. The molecule has 1 aromatic rings. The van der Waals surface area contributed by atoms with Crippen LogP contribution in [0.25, 0.3) is 0 Å². The van der Waals surface area contributed by atoms with Gasteiger partial charge in [0.05, 0.1) is 6.10 Å². The smallest absolute Gasteiger partial charge is 0.0791 e. The lowest BCUT2D eigenvalue weighted by molar-refractivity contribution is 0.121. The molecule has 1 aromatic carbocycles. The summed E-state index contributed by atoms with van der Waals surface area (Å²) < 4.78 is 0. The van der Waals surface area contributed by atoms with E-state index in [-0.39, 0.29) is 12.1 Å². The monoisotopic (exact) mass is 262 g/mol. The molecule has 0 saturated carbocycles. The van der Waals surface area contributed by atoms with Crippen LogP contribution in [-0.4, -0.2) is 42.3 Å². The van der Waals surface area contributed by atoms with Crippen molar-refractivity contribution in [1.82, 2.24) is 10.2 Å². The molecule has 0 aromatic heterocycles. The Balaban J connectivity index is 1.74. The van der Waals surface area contributed by atoms with Crippen molar-refractivity contribution >= 4 is 0 Å². The van der Waals surface area contributed by atoms with Crippen LogP contribution in [-0.2, 0) is 0 Å². The first kappa shape index (κ1) is 14.5. The van der Waals surface area contributed by atoms with Crippen LogP contribution in [0.3, 0.4) is 0 Å². The number of aliphatic hydroxyl groups excluding tert-OH is 1. The molecule has 1 aliphatic rings. The minimum absolute atomic E-state index is 0.273. The Hall–Kier alpha value is -0.900. The Morgan fingerprint density at radius 1 is 1.32 bits per heavy atom. The van der Waals surface area contributed by atoms with E-state index in [2.05, 4.69) is 48.3 Å². The van der Waals surface area contributed by atoms with Crippen molar-refractivity contribution in [1.29, 1.82) is 0 Å². The predicted octanol–water partition coefficient (Wildman–Crippen LogP) is 2.10. The molecule has 3 heteroatoms. The summed E-state index contributed by atoms with van der Waals surface area (Å²) in [6.45, 7) is 8.00. The zero-order chi connectivity index (χ0) is 13.7. The van der Waals surface area contributed by atoms with Gasteiger partial charge < -0.3 is 15.3 Å². The highest BCUT2D eigenvalue weighted by Gasteiger charge is 2.16. The topological polar surface area (TPSA) is 35.5 Å². The van der Waals surface area contributed by atoms with Gasteiger partial charge in [0.15, 0.2) is 0 Å². The molecule has 2 rings (SSSR count). The lowest BCUT2D eigenvalue weighted by Gasteiger charge is -2.22. The van der Waals surface area contributed by atoms with Crippen molar-refractivity contribution in [3.63, 3.8) is 0 Å². The van der Waals surface area contributed by atoms with Crippen LogP contribution in [0, 0.1) is 6.92 Å². The molecule has 3 nitrogen and oxygen atoms in total. The number of hydrogen-bond acceptors (Lipinski definition) is 3. The molecule has 0 spiro atoms. The third-order valence-corrected chi connectivity index (χ3v) is 3.87. The first-order valence-corrected chi connectivity index (χ1v) is 7.35. The van der Waals surface area contributed by atoms with Crippen LogP contribution in [0.5, 0.6) is 0 Å². The van der Waals surface area contributed by atoms with Crippen molar-refractivity contribution in [2.45, 2.75) is 38.8 Å². The summed E-state index contributed by atoms with van der Waals surface area (Å²) in [4.78, 5) is 2.35. The molecule has 1 saturated heterocycles. The number of benzene rings is 1. The number of hydrogen-bond donors (Lipinski definition) is 2. The van der Waals surface area contributed by atoms with E-state index >= 15 is 0 Å². The molecule has 1 heterocycles. The second kappa shape index (κ2) is 7.04. The van der Waals surface area contributed by atoms with Crippen LogP contribution in [0.15, 0.2) is 24.3 Å². The molecule has 0 amide bonds. The summed E-state index contributed by atoms with van der Waals surface area (Å²) in [5.74, 6) is 0. The maximum Gasteiger partial charge on any atom is 0.0791 e. The lowest BCUT2D eigenvalue weighted by atomic mass is 10.1. The first-order valence-electron chi connectivity index (χ1n) is 7.35. The predicted molar refractivity (Wildman–Crippen MR) is 79.3 cm³/mol. The minimum Gasteiger partial charge on any atom is -0.390 e. The fourth-order valence-electron chi connectivity index (χ4n) is 2.70. The fourth-order valence-corrected chi connectivity index (χ4v) is 2.70. The SMILES string of the molecule is Cc1cccc([C@H](C)NCC(O)CN2CCCC2)c1. The van der Waals surface area contributed by atoms with Gasteiger partial charge >= 0.3 is 0 Å². The molecule has 0 bridgehead atoms. The highest BCUT2D eigenvalue weighted by Crippen LogP contribution is 2.14. The zero-order valence-electron chi connectivity index (χ0n) is 12.1. The Morgan fingerprint density at radius 3 is 2.74 bits per heavy atom. The van der Waals surface area contributed by atoms with E-state index in [9.17, 15) is 5.11 Å². The normalized spacial score (nSPS) is 19.5. The van der Waals surface area contributed by atoms with Gasteiger partial charge in [0.25, 0.3) is 0 Å². The number of aliphatic hydroxyl groups is 1. The quantitative estimate of drug-likeness (QED) is 0.824. The van der Waals surface area contributed by atoms with Gasteiger partial charge in [-0.1, -0.05) is 29.8 Å². The van der Waals surface area contributed by atoms with Gasteiger partial charge in [0.2, 0.25) is 0 Å². The average molecular weight is 262 g/mol. The number of nitrogens with zero attached hydrogens (tertiary/aromatic N) is 1. The third-order valence-electron chi connectivity index (χ3n) is 3.87. The summed E-state index contributed by atoms with van der Waals surface area (Å²) in [6.07, 6.45) is 2.28. The van der Waals surface area contributed by atoms with E-state index in [1.807, 2.05) is 0 Å². The van der Waals surface area contributed by atoms with Crippen molar-refractivity contribution in [2.75, 3.05) is 26.2 Å². The molecule has 1 aliphatic heterocycles. The summed E-state index contributed by atoms with van der Waals surface area (Å²) in [5, 5.41) is 13.5. The molecule has 0 radical (unpaired) electrons. The molecule has 1 fully saturated rings. The van der Waals surface area contributed by atoms with Crippen LogP contribution in [0.2, 0.25) is 0 Å². The van der Waals surface area contributed by atoms with Gasteiger partial charge in [-0.25, -0.2) is 0 Å². The highest BCUT2D eigenvalue weighted by molar-refractivity contribution is 5.24. The molecule has 2 N–H and O–H groups in total. The Bertz CT molecular complexity index is 388. The minimum atomic E-state index is -0.273. The maximum absolute atomic E-state index is 10.1. The molecular formula is C16H26N2O. The number of β-amino-alcohol motifs (C(OH)–C–C–N with tert-alkyl or cyclic N) is 1. The van der Waals surface area contributed by atoms with Crippen LogP contribution in [0.4, 0.5) is 0 Å². The largest absolute Gasteiger partial charge is 0.390 e. The molecule has 2 atom stereocenters. The molecular weight excluding hydrogens is 236 g/mol. The van der Waals surface area contributed by atoms with Crippen LogP contribution in [0.1, 0.15) is 36.9 Å². The zero-order valence-corrected chi connectivity index (χ0v) is 12.1. The van der Waals surface area contributed by atoms with Gasteiger partial charge in [-0.05, 0) is 45.3 Å². The van der Waals surface area contributed by atoms with E-state index < -0.39 is 0 Å². The summed E-state index contributed by atoms with van der Waals surface area (Å²) in [6, 6.07) is 8.82. The standard InChI is InChI=1S/C16H26N2O/c1-13-6-5-7-15(10-13)14(2)17-11-16(19)12-18-8-3-4-9-18/h5-7,10,14,16-17,19H,3-4,8-9,11-12H2,1-2H3/t14-,16?/m0/s1. The van der Waals surface area contributed by atoms with Gasteiger partial charge in [0.1, 0.15) is 0 Å². The highest BCUT2D eigenvalue weighted by atomic mass is 16.3. The molecule has 0 aliphatic carbocycles. The van der Waals surface area contributed by atoms with Gasteiger partial charge in [-0.3, -0.25) is 0 Å². The van der Waals surface area contributed by atoms with Crippen molar-refractivity contribution in [3.8, 4) is 0 Å². The average Bonchev–Trinajstić information content (AvgIpc) is 2.88. The number of nitrogens with one attached hydrogen (secondary N) is 1. The summed E-state index contributed by atoms with van der Waals surface area (Å²) in [5.41, 5.74) is 2.57. The number of aryl methyl sites for hydroxylation is 1. The second-order valence-corrected chi connectivity index (χ2v) is 5.71. The van der Waals surface area contributed by atoms with E-state index in [1.165, 1.54) is 24.0 Å². The molecule has 19 heavy (non-hydrogen) atoms. The van der Waals surface area contributed by atoms with Crippen molar-refractivity contribution in [2.24, 2.45) is 0 Å². The van der Waals surface area contributed by atoms with Crippen LogP contribution >= 0.6 is 0 Å².